The Balaban J connectivity index is 1.83. The average Bonchev–Trinajstić information content (AvgIpc) is 3.24. The van der Waals surface area contributed by atoms with Gasteiger partial charge in [-0.3, -0.25) is 15.0 Å². The number of nitro groups is 1. The maximum absolute atomic E-state index is 12.0. The zero-order valence-electron chi connectivity index (χ0n) is 16.4. The molecule has 0 amide bonds. The van der Waals surface area contributed by atoms with Gasteiger partial charge in [0.15, 0.2) is 0 Å². The number of nitrogens with zero attached hydrogens (tertiary/aromatic N) is 3. The number of sulfonamides is 1. The summed E-state index contributed by atoms with van der Waals surface area (Å²) < 4.78 is 26.1. The Bertz CT molecular complexity index is 941. The summed E-state index contributed by atoms with van der Waals surface area (Å²) in [5.41, 5.74) is 0.0466. The van der Waals surface area contributed by atoms with E-state index < -0.39 is 14.9 Å². The Labute approximate surface area is 174 Å². The van der Waals surface area contributed by atoms with Gasteiger partial charge in [0.2, 0.25) is 10.0 Å². The van der Waals surface area contributed by atoms with Crippen LogP contribution in [0.3, 0.4) is 0 Å². The Kier molecular flexibility index (Phi) is 6.85. The SMILES string of the molecule is CNS(=O)(=O)c1ccc(NC[C@@H](c2cccs2)N2CCN(C)CC2)c([N+](=O)[O-])c1. The number of piperazine rings is 1. The van der Waals surface area contributed by atoms with Gasteiger partial charge in [-0.2, -0.15) is 0 Å². The number of rotatable bonds is 8. The van der Waals surface area contributed by atoms with Gasteiger partial charge in [-0.15, -0.1) is 11.3 Å². The van der Waals surface area contributed by atoms with Gasteiger partial charge in [0, 0.05) is 43.7 Å². The van der Waals surface area contributed by atoms with Crippen molar-refractivity contribution in [2.24, 2.45) is 0 Å². The lowest BCUT2D eigenvalue weighted by atomic mass is 10.1. The number of thiophene rings is 1. The maximum atomic E-state index is 12.0. The highest BCUT2D eigenvalue weighted by Crippen LogP contribution is 2.31. The van der Waals surface area contributed by atoms with Crippen LogP contribution in [-0.2, 0) is 10.0 Å². The molecule has 1 aliphatic heterocycles. The summed E-state index contributed by atoms with van der Waals surface area (Å²) in [6, 6.07) is 8.08. The van der Waals surface area contributed by atoms with Gasteiger partial charge in [0.25, 0.3) is 5.69 Å². The van der Waals surface area contributed by atoms with Crippen molar-refractivity contribution in [3.63, 3.8) is 0 Å². The van der Waals surface area contributed by atoms with Crippen molar-refractivity contribution in [1.82, 2.24) is 14.5 Å². The number of anilines is 1. The average molecular weight is 440 g/mol. The van der Waals surface area contributed by atoms with Crippen LogP contribution in [0.5, 0.6) is 0 Å². The normalized spacial score (nSPS) is 17.2. The highest BCUT2D eigenvalue weighted by Gasteiger charge is 2.26. The lowest BCUT2D eigenvalue weighted by Crippen LogP contribution is -2.47. The van der Waals surface area contributed by atoms with E-state index in [2.05, 4.69) is 33.0 Å². The van der Waals surface area contributed by atoms with Gasteiger partial charge in [-0.05, 0) is 37.7 Å². The monoisotopic (exact) mass is 439 g/mol. The molecule has 1 aromatic carbocycles. The first-order valence-corrected chi connectivity index (χ1v) is 11.6. The van der Waals surface area contributed by atoms with Crippen LogP contribution < -0.4 is 10.0 Å². The standard InChI is InChI=1S/C18H25N5O4S2/c1-19-29(26,27)14-5-6-15(16(12-14)23(24)25)20-13-17(18-4-3-11-28-18)22-9-7-21(2)8-10-22/h3-6,11-12,17,19-20H,7-10,13H2,1-2H3/t17-/m0/s1. The van der Waals surface area contributed by atoms with Gasteiger partial charge in [-0.1, -0.05) is 6.07 Å². The molecule has 29 heavy (non-hydrogen) atoms. The van der Waals surface area contributed by atoms with Crippen LogP contribution in [0, 0.1) is 10.1 Å². The topological polar surface area (TPSA) is 108 Å². The molecule has 0 radical (unpaired) electrons. The molecule has 9 nitrogen and oxygen atoms in total. The van der Waals surface area contributed by atoms with Gasteiger partial charge in [0.05, 0.1) is 15.9 Å². The summed E-state index contributed by atoms with van der Waals surface area (Å²) in [5, 5.41) is 16.7. The zero-order valence-corrected chi connectivity index (χ0v) is 18.0. The largest absolute Gasteiger partial charge is 0.378 e. The summed E-state index contributed by atoms with van der Waals surface area (Å²) >= 11 is 1.66. The van der Waals surface area contributed by atoms with Gasteiger partial charge >= 0.3 is 0 Å². The summed E-state index contributed by atoms with van der Waals surface area (Å²) in [7, 11) is -0.384. The Morgan fingerprint density at radius 2 is 1.97 bits per heavy atom. The summed E-state index contributed by atoms with van der Waals surface area (Å²) in [5.74, 6) is 0. The van der Waals surface area contributed by atoms with Gasteiger partial charge in [0.1, 0.15) is 5.69 Å². The minimum atomic E-state index is -3.75. The van der Waals surface area contributed by atoms with E-state index in [1.54, 1.807) is 11.3 Å². The third-order valence-corrected chi connectivity index (χ3v) is 7.47. The van der Waals surface area contributed by atoms with E-state index in [0.717, 1.165) is 32.2 Å². The van der Waals surface area contributed by atoms with Gasteiger partial charge < -0.3 is 10.2 Å². The van der Waals surface area contributed by atoms with Crippen molar-refractivity contribution in [2.75, 3.05) is 52.1 Å². The molecule has 1 saturated heterocycles. The van der Waals surface area contributed by atoms with Crippen LogP contribution in [0.15, 0.2) is 40.6 Å². The van der Waals surface area contributed by atoms with Crippen LogP contribution in [0.25, 0.3) is 0 Å². The van der Waals surface area contributed by atoms with Crippen molar-refractivity contribution >= 4 is 32.7 Å². The molecular weight excluding hydrogens is 414 g/mol. The van der Waals surface area contributed by atoms with Crippen LogP contribution in [-0.4, -0.2) is 70.0 Å². The van der Waals surface area contributed by atoms with Crippen LogP contribution in [0.2, 0.25) is 0 Å². The van der Waals surface area contributed by atoms with Crippen molar-refractivity contribution in [2.45, 2.75) is 10.9 Å². The molecule has 0 bridgehead atoms. The van der Waals surface area contributed by atoms with Crippen molar-refractivity contribution < 1.29 is 13.3 Å². The van der Waals surface area contributed by atoms with Crippen LogP contribution >= 0.6 is 11.3 Å². The van der Waals surface area contributed by atoms with Crippen LogP contribution in [0.1, 0.15) is 10.9 Å². The number of benzene rings is 1. The van der Waals surface area contributed by atoms with E-state index >= 15 is 0 Å². The molecular formula is C18H25N5O4S2. The minimum absolute atomic E-state index is 0.0871. The quantitative estimate of drug-likeness (QED) is 0.478. The number of hydrogen-bond acceptors (Lipinski definition) is 8. The van der Waals surface area contributed by atoms with E-state index in [-0.39, 0.29) is 16.6 Å². The first-order chi connectivity index (χ1) is 13.8. The minimum Gasteiger partial charge on any atom is -0.378 e. The lowest BCUT2D eigenvalue weighted by molar-refractivity contribution is -0.384. The number of nitro benzene ring substituents is 1. The molecule has 2 aromatic rings. The molecule has 1 atom stereocenters. The van der Waals surface area contributed by atoms with E-state index in [4.69, 9.17) is 0 Å². The lowest BCUT2D eigenvalue weighted by Gasteiger charge is -2.37. The second-order valence-corrected chi connectivity index (χ2v) is 9.76. The van der Waals surface area contributed by atoms with Crippen molar-refractivity contribution in [3.8, 4) is 0 Å². The Morgan fingerprint density at radius 3 is 2.55 bits per heavy atom. The smallest absolute Gasteiger partial charge is 0.293 e. The molecule has 0 aliphatic carbocycles. The Hall–Kier alpha value is -2.05. The van der Waals surface area contributed by atoms with E-state index in [0.29, 0.717) is 12.2 Å². The van der Waals surface area contributed by atoms with Crippen molar-refractivity contribution in [3.05, 3.63) is 50.7 Å². The molecule has 3 rings (SSSR count). The molecule has 2 heterocycles. The van der Waals surface area contributed by atoms with Crippen LogP contribution in [0.4, 0.5) is 11.4 Å². The zero-order chi connectivity index (χ0) is 21.0. The molecule has 1 aromatic heterocycles. The fraction of sp³-hybridized carbons (Fsp3) is 0.444. The molecule has 0 saturated carbocycles. The second kappa shape index (κ2) is 9.18. The third kappa shape index (κ3) is 5.11. The van der Waals surface area contributed by atoms with E-state index in [9.17, 15) is 18.5 Å². The molecule has 1 aliphatic rings. The first-order valence-electron chi connectivity index (χ1n) is 9.23. The molecule has 1 fully saturated rings. The summed E-state index contributed by atoms with van der Waals surface area (Å²) in [6.07, 6.45) is 0. The molecule has 11 heteroatoms. The number of likely N-dealkylation sites (N-methyl/N-ethyl adjacent to an activating group) is 1. The molecule has 2 N–H and O–H groups in total. The number of hydrogen-bond donors (Lipinski definition) is 2. The Morgan fingerprint density at radius 1 is 1.24 bits per heavy atom. The fourth-order valence-electron chi connectivity index (χ4n) is 3.33. The third-order valence-electron chi connectivity index (χ3n) is 5.08. The highest BCUT2D eigenvalue weighted by atomic mass is 32.2. The molecule has 0 unspecified atom stereocenters. The summed E-state index contributed by atoms with van der Waals surface area (Å²) in [6.45, 7) is 4.27. The fourth-order valence-corrected chi connectivity index (χ4v) is 4.94. The predicted molar refractivity (Wildman–Crippen MR) is 114 cm³/mol. The number of nitrogens with one attached hydrogen (secondary N) is 2. The predicted octanol–water partition coefficient (Wildman–Crippen LogP) is 1.96. The summed E-state index contributed by atoms with van der Waals surface area (Å²) in [4.78, 5) is 16.7. The maximum Gasteiger partial charge on any atom is 0.293 e. The second-order valence-electron chi connectivity index (χ2n) is 6.89. The van der Waals surface area contributed by atoms with E-state index in [1.807, 2.05) is 11.4 Å². The van der Waals surface area contributed by atoms with Gasteiger partial charge in [-0.25, -0.2) is 13.1 Å². The van der Waals surface area contributed by atoms with Crippen molar-refractivity contribution in [1.29, 1.82) is 0 Å². The molecule has 158 valence electrons. The highest BCUT2D eigenvalue weighted by molar-refractivity contribution is 7.89. The van der Waals surface area contributed by atoms with E-state index in [1.165, 1.54) is 24.1 Å². The first kappa shape index (κ1) is 21.7. The molecule has 0 spiro atoms.